The summed E-state index contributed by atoms with van der Waals surface area (Å²) in [6.45, 7) is 7.43. The van der Waals surface area contributed by atoms with Gasteiger partial charge in [-0.2, -0.15) is 0 Å². The van der Waals surface area contributed by atoms with Gasteiger partial charge in [0.25, 0.3) is 0 Å². The Labute approximate surface area is 118 Å². The molecule has 0 spiro atoms. The van der Waals surface area contributed by atoms with Gasteiger partial charge in [-0.15, -0.1) is 0 Å². The predicted molar refractivity (Wildman–Crippen MR) is 78.7 cm³/mol. The van der Waals surface area contributed by atoms with E-state index < -0.39 is 0 Å². The summed E-state index contributed by atoms with van der Waals surface area (Å²) in [5, 5.41) is 3.44. The third-order valence-electron chi connectivity index (χ3n) is 4.68. The minimum Gasteiger partial charge on any atom is -0.326 e. The zero-order chi connectivity index (χ0) is 13.8. The molecule has 1 aliphatic carbocycles. The molecule has 0 aromatic rings. The molecule has 2 rings (SSSR count). The van der Waals surface area contributed by atoms with E-state index in [9.17, 15) is 4.79 Å². The Kier molecular flexibility index (Phi) is 5.26. The van der Waals surface area contributed by atoms with Crippen molar-refractivity contribution in [1.29, 1.82) is 0 Å². The van der Waals surface area contributed by atoms with E-state index in [0.717, 1.165) is 18.9 Å². The van der Waals surface area contributed by atoms with Crippen molar-refractivity contribution in [2.45, 2.75) is 77.9 Å². The highest BCUT2D eigenvalue weighted by Gasteiger charge is 2.36. The summed E-state index contributed by atoms with van der Waals surface area (Å²) in [7, 11) is 0. The number of hydrogen-bond acceptors (Lipinski definition) is 2. The second kappa shape index (κ2) is 6.74. The fraction of sp³-hybridized carbons (Fsp3) is 0.938. The quantitative estimate of drug-likeness (QED) is 0.801. The van der Waals surface area contributed by atoms with Crippen molar-refractivity contribution in [2.24, 2.45) is 11.8 Å². The molecule has 3 heteroatoms. The first kappa shape index (κ1) is 14.8. The molecule has 19 heavy (non-hydrogen) atoms. The van der Waals surface area contributed by atoms with Crippen LogP contribution in [0.15, 0.2) is 0 Å². The van der Waals surface area contributed by atoms with Crippen molar-refractivity contribution >= 4 is 5.91 Å². The average Bonchev–Trinajstić information content (AvgIpc) is 2.92. The lowest BCUT2D eigenvalue weighted by atomic mass is 10.0. The molecule has 0 aromatic heterocycles. The van der Waals surface area contributed by atoms with E-state index in [0.29, 0.717) is 11.8 Å². The normalized spacial score (nSPS) is 28.8. The topological polar surface area (TPSA) is 32.3 Å². The van der Waals surface area contributed by atoms with Crippen LogP contribution in [0, 0.1) is 11.8 Å². The number of amides is 1. The van der Waals surface area contributed by atoms with Crippen molar-refractivity contribution in [1.82, 2.24) is 10.2 Å². The molecule has 1 aliphatic heterocycles. The lowest BCUT2D eigenvalue weighted by Gasteiger charge is -2.21. The zero-order valence-electron chi connectivity index (χ0n) is 12.8. The van der Waals surface area contributed by atoms with Crippen molar-refractivity contribution < 1.29 is 4.79 Å². The summed E-state index contributed by atoms with van der Waals surface area (Å²) in [4.78, 5) is 14.4. The van der Waals surface area contributed by atoms with Crippen molar-refractivity contribution in [3.05, 3.63) is 0 Å². The van der Waals surface area contributed by atoms with Crippen LogP contribution in [0.3, 0.4) is 0 Å². The first-order chi connectivity index (χ1) is 9.08. The number of carbonyl (C=O) groups is 1. The Bertz CT molecular complexity index is 297. The van der Waals surface area contributed by atoms with Gasteiger partial charge in [0.1, 0.15) is 0 Å². The van der Waals surface area contributed by atoms with Crippen LogP contribution in [0.2, 0.25) is 0 Å². The molecule has 2 atom stereocenters. The van der Waals surface area contributed by atoms with Gasteiger partial charge in [0.05, 0.1) is 12.2 Å². The van der Waals surface area contributed by atoms with Crippen LogP contribution in [0.4, 0.5) is 0 Å². The molecule has 1 heterocycles. The number of nitrogens with one attached hydrogen (secondary N) is 1. The lowest BCUT2D eigenvalue weighted by molar-refractivity contribution is -0.130. The van der Waals surface area contributed by atoms with E-state index in [2.05, 4.69) is 31.0 Å². The third-order valence-corrected chi connectivity index (χ3v) is 4.68. The van der Waals surface area contributed by atoms with Gasteiger partial charge in [-0.05, 0) is 38.0 Å². The third kappa shape index (κ3) is 3.95. The van der Waals surface area contributed by atoms with Crippen molar-refractivity contribution in [3.63, 3.8) is 0 Å². The van der Waals surface area contributed by atoms with Gasteiger partial charge in [-0.1, -0.05) is 39.5 Å². The molecule has 0 radical (unpaired) electrons. The van der Waals surface area contributed by atoms with Gasteiger partial charge in [-0.25, -0.2) is 0 Å². The molecule has 1 N–H and O–H groups in total. The molecule has 2 aliphatic rings. The maximum atomic E-state index is 12.3. The average molecular weight is 266 g/mol. The van der Waals surface area contributed by atoms with Gasteiger partial charge >= 0.3 is 0 Å². The van der Waals surface area contributed by atoms with Crippen LogP contribution in [-0.4, -0.2) is 29.6 Å². The van der Waals surface area contributed by atoms with E-state index in [1.54, 1.807) is 0 Å². The Hall–Kier alpha value is -0.570. The fourth-order valence-electron chi connectivity index (χ4n) is 3.64. The first-order valence-corrected chi connectivity index (χ1v) is 8.14. The number of rotatable bonds is 6. The summed E-state index contributed by atoms with van der Waals surface area (Å²) < 4.78 is 0. The van der Waals surface area contributed by atoms with Gasteiger partial charge in [0.15, 0.2) is 0 Å². The number of nitrogens with zero attached hydrogens (tertiary/aromatic N) is 1. The Morgan fingerprint density at radius 2 is 2.00 bits per heavy atom. The van der Waals surface area contributed by atoms with Crippen LogP contribution in [0.1, 0.15) is 65.7 Å². The fourth-order valence-corrected chi connectivity index (χ4v) is 3.64. The molecule has 3 nitrogen and oxygen atoms in total. The molecular weight excluding hydrogens is 236 g/mol. The SMILES string of the molecule is CC(C)CC1NC(C)N(CCCC2CCCC2)C1=O. The second-order valence-electron chi connectivity index (χ2n) is 6.85. The largest absolute Gasteiger partial charge is 0.326 e. The molecule has 0 aromatic carbocycles. The van der Waals surface area contributed by atoms with Crippen LogP contribution in [-0.2, 0) is 4.79 Å². The van der Waals surface area contributed by atoms with Crippen LogP contribution in [0.5, 0.6) is 0 Å². The lowest BCUT2D eigenvalue weighted by Crippen LogP contribution is -2.35. The Morgan fingerprint density at radius 3 is 2.63 bits per heavy atom. The van der Waals surface area contributed by atoms with Crippen molar-refractivity contribution in [2.75, 3.05) is 6.54 Å². The Balaban J connectivity index is 1.74. The number of hydrogen-bond donors (Lipinski definition) is 1. The van der Waals surface area contributed by atoms with Crippen molar-refractivity contribution in [3.8, 4) is 0 Å². The molecule has 2 fully saturated rings. The number of carbonyl (C=O) groups excluding carboxylic acids is 1. The maximum absolute atomic E-state index is 12.3. The maximum Gasteiger partial charge on any atom is 0.241 e. The Morgan fingerprint density at radius 1 is 1.32 bits per heavy atom. The van der Waals surface area contributed by atoms with Gasteiger partial charge in [0, 0.05) is 6.54 Å². The summed E-state index contributed by atoms with van der Waals surface area (Å²) in [5.74, 6) is 1.84. The summed E-state index contributed by atoms with van der Waals surface area (Å²) in [5.41, 5.74) is 0. The zero-order valence-corrected chi connectivity index (χ0v) is 12.8. The molecular formula is C16H30N2O. The summed E-state index contributed by atoms with van der Waals surface area (Å²) in [6, 6.07) is 0.0569. The van der Waals surface area contributed by atoms with Gasteiger partial charge in [-0.3, -0.25) is 10.1 Å². The summed E-state index contributed by atoms with van der Waals surface area (Å²) >= 11 is 0. The van der Waals surface area contributed by atoms with E-state index in [1.165, 1.54) is 38.5 Å². The summed E-state index contributed by atoms with van der Waals surface area (Å²) in [6.07, 6.45) is 9.34. The highest BCUT2D eigenvalue weighted by Crippen LogP contribution is 2.29. The highest BCUT2D eigenvalue weighted by molar-refractivity contribution is 5.84. The minimum atomic E-state index is 0.0569. The molecule has 0 bridgehead atoms. The van der Waals surface area contributed by atoms with Crippen LogP contribution >= 0.6 is 0 Å². The van der Waals surface area contributed by atoms with Crippen LogP contribution < -0.4 is 5.32 Å². The van der Waals surface area contributed by atoms with E-state index in [4.69, 9.17) is 0 Å². The highest BCUT2D eigenvalue weighted by atomic mass is 16.2. The van der Waals surface area contributed by atoms with E-state index in [1.807, 2.05) is 0 Å². The monoisotopic (exact) mass is 266 g/mol. The van der Waals surface area contributed by atoms with Crippen LogP contribution in [0.25, 0.3) is 0 Å². The first-order valence-electron chi connectivity index (χ1n) is 8.14. The molecule has 1 amide bonds. The molecule has 110 valence electrons. The van der Waals surface area contributed by atoms with E-state index >= 15 is 0 Å². The smallest absolute Gasteiger partial charge is 0.241 e. The van der Waals surface area contributed by atoms with Gasteiger partial charge < -0.3 is 4.90 Å². The van der Waals surface area contributed by atoms with Gasteiger partial charge in [0.2, 0.25) is 5.91 Å². The standard InChI is InChI=1S/C16H30N2O/c1-12(2)11-15-16(19)18(13(3)17-15)10-6-9-14-7-4-5-8-14/h12-15,17H,4-11H2,1-3H3. The molecule has 1 saturated heterocycles. The molecule has 2 unspecified atom stereocenters. The predicted octanol–water partition coefficient (Wildman–Crippen LogP) is 3.15. The minimum absolute atomic E-state index is 0.0569. The molecule has 1 saturated carbocycles. The second-order valence-corrected chi connectivity index (χ2v) is 6.85. The van der Waals surface area contributed by atoms with E-state index in [-0.39, 0.29) is 12.2 Å².